The molecule has 0 bridgehead atoms. The van der Waals surface area contributed by atoms with Gasteiger partial charge in [-0.25, -0.2) is 0 Å². The van der Waals surface area contributed by atoms with Crippen LogP contribution in [0.15, 0.2) is 0 Å². The van der Waals surface area contributed by atoms with E-state index in [2.05, 4.69) is 4.74 Å². The quantitative estimate of drug-likeness (QED) is 0.732. The average molecular weight is 330 g/mol. The van der Waals surface area contributed by atoms with Crippen LogP contribution >= 0.6 is 0 Å². The molecule has 0 rings (SSSR count). The molecule has 0 heterocycles. The van der Waals surface area contributed by atoms with Crippen LogP contribution in [-0.4, -0.2) is 36.5 Å². The third-order valence-electron chi connectivity index (χ3n) is 1.68. The molecule has 0 aliphatic rings. The second-order valence-corrected chi connectivity index (χ2v) is 3.14. The number of ether oxygens (including phenoxy) is 1. The van der Waals surface area contributed by atoms with Crippen molar-refractivity contribution in [2.45, 2.75) is 31.1 Å². The van der Waals surface area contributed by atoms with E-state index in [4.69, 9.17) is 9.15 Å². The molecule has 122 valence electrons. The maximum atomic E-state index is 12.9. The van der Waals surface area contributed by atoms with Crippen LogP contribution in [0, 0.1) is 0 Å². The Morgan fingerprint density at radius 3 is 1.40 bits per heavy atom. The Labute approximate surface area is 103 Å². The van der Waals surface area contributed by atoms with Crippen LogP contribution in [0.2, 0.25) is 0 Å². The summed E-state index contributed by atoms with van der Waals surface area (Å²) in [5.41, 5.74) is 0. The fourth-order valence-electron chi connectivity index (χ4n) is 0.655. The molecule has 2 nitrogen and oxygen atoms in total. The lowest BCUT2D eigenvalue weighted by atomic mass is 10.2. The molecule has 0 aliphatic carbocycles. The predicted molar refractivity (Wildman–Crippen MR) is 39.7 cm³/mol. The van der Waals surface area contributed by atoms with Gasteiger partial charge in [0.15, 0.2) is 0 Å². The second-order valence-electron chi connectivity index (χ2n) is 3.14. The predicted octanol–water partition coefficient (Wildman–Crippen LogP) is 3.86. The minimum atomic E-state index is -6.23. The number of ketones is 1. The van der Waals surface area contributed by atoms with Crippen LogP contribution in [0.4, 0.5) is 48.7 Å². The van der Waals surface area contributed by atoms with Crippen molar-refractivity contribution in [2.75, 3.05) is 6.61 Å². The first-order valence-electron chi connectivity index (χ1n) is 4.14. The van der Waals surface area contributed by atoms with Gasteiger partial charge in [0.25, 0.3) is 0 Å². The molecule has 0 N–H and O–H groups in total. The molecule has 20 heavy (non-hydrogen) atoms. The summed E-state index contributed by atoms with van der Waals surface area (Å²) in [7, 11) is 0. The molecule has 1 atom stereocenters. The van der Waals surface area contributed by atoms with E-state index in [1.807, 2.05) is 0 Å². The number of hydrogen-bond acceptors (Lipinski definition) is 2. The molecular formula is C7H5F11O2. The molecule has 0 radical (unpaired) electrons. The van der Waals surface area contributed by atoms with Gasteiger partial charge in [-0.05, 0) is 0 Å². The minimum absolute atomic E-state index is 0.000772. The highest BCUT2D eigenvalue weighted by Crippen LogP contribution is 2.40. The van der Waals surface area contributed by atoms with Crippen molar-refractivity contribution in [3.63, 3.8) is 0 Å². The molecular weight excluding hydrogens is 325 g/mol. The lowest BCUT2D eigenvalue weighted by Crippen LogP contribution is -2.53. The van der Waals surface area contributed by atoms with E-state index in [9.17, 15) is 44.3 Å². The fourth-order valence-corrected chi connectivity index (χ4v) is 0.655. The highest BCUT2D eigenvalue weighted by atomic mass is 20.0. The molecule has 0 aliphatic heterocycles. The molecule has 13 heteroatoms. The number of carbonyl (C=O) groups excluding carboxylic acids is 1. The molecule has 0 saturated heterocycles. The maximum Gasteiger partial charge on any atom is 0.456 e. The molecule has 0 saturated carbocycles. The summed E-state index contributed by atoms with van der Waals surface area (Å²) < 4.78 is 127. The lowest BCUT2D eigenvalue weighted by Gasteiger charge is -2.28. The van der Waals surface area contributed by atoms with E-state index in [1.165, 1.54) is 0 Å². The first-order chi connectivity index (χ1) is 8.65. The smallest absolute Gasteiger partial charge is 0.326 e. The van der Waals surface area contributed by atoms with Gasteiger partial charge in [-0.2, -0.15) is 39.5 Å². The van der Waals surface area contributed by atoms with Gasteiger partial charge in [-0.3, -0.25) is 4.79 Å². The van der Waals surface area contributed by atoms with Crippen molar-refractivity contribution in [2.24, 2.45) is 0 Å². The van der Waals surface area contributed by atoms with Crippen LogP contribution in [0.5, 0.6) is 0 Å². The van der Waals surface area contributed by atoms with E-state index < -0.39 is 36.5 Å². The Morgan fingerprint density at radius 1 is 0.850 bits per heavy atom. The van der Waals surface area contributed by atoms with Gasteiger partial charge < -0.3 is 4.74 Å². The number of carbonyl (C=O) groups is 1. The van der Waals surface area contributed by atoms with E-state index in [0.717, 1.165) is 0 Å². The summed E-state index contributed by atoms with van der Waals surface area (Å²) in [4.78, 5) is 10.3. The molecule has 0 amide bonds. The highest BCUT2D eigenvalue weighted by molar-refractivity contribution is 5.84. The zero-order valence-corrected chi connectivity index (χ0v) is 9.18. The second kappa shape index (κ2) is 6.54. The first kappa shape index (κ1) is 21.2. The number of hydrogen-bond donors (Lipinski definition) is 0. The van der Waals surface area contributed by atoms with Crippen LogP contribution in [-0.2, 0) is 9.53 Å². The average Bonchev–Trinajstić information content (AvgIpc) is 2.25. The SMILES string of the molecule is CC(=O)C(F)(OCC(F)(F)C(F)(F)F)C(F)(F)F.FF. The van der Waals surface area contributed by atoms with Crippen molar-refractivity contribution < 1.29 is 58.2 Å². The van der Waals surface area contributed by atoms with E-state index in [0.29, 0.717) is 0 Å². The van der Waals surface area contributed by atoms with Crippen molar-refractivity contribution in [1.82, 2.24) is 0 Å². The summed E-state index contributed by atoms with van der Waals surface area (Å²) in [6.45, 7) is -2.97. The summed E-state index contributed by atoms with van der Waals surface area (Å²) in [6, 6.07) is 0. The summed E-state index contributed by atoms with van der Waals surface area (Å²) in [6.07, 6.45) is -12.3. The minimum Gasteiger partial charge on any atom is -0.326 e. The van der Waals surface area contributed by atoms with Crippen LogP contribution < -0.4 is 0 Å². The highest BCUT2D eigenvalue weighted by Gasteiger charge is 2.65. The van der Waals surface area contributed by atoms with E-state index in [-0.39, 0.29) is 6.92 Å². The van der Waals surface area contributed by atoms with Gasteiger partial charge in [-0.15, -0.1) is 0 Å². The van der Waals surface area contributed by atoms with Crippen molar-refractivity contribution in [3.8, 4) is 0 Å². The van der Waals surface area contributed by atoms with Gasteiger partial charge in [0.05, 0.1) is 0 Å². The maximum absolute atomic E-state index is 12.9. The molecule has 0 aromatic heterocycles. The van der Waals surface area contributed by atoms with Gasteiger partial charge in [0, 0.05) is 16.1 Å². The Morgan fingerprint density at radius 2 is 1.20 bits per heavy atom. The molecule has 1 unspecified atom stereocenters. The number of Topliss-reactive ketones (excluding diaryl/α,β-unsaturated/α-hetero) is 1. The number of rotatable bonds is 4. The van der Waals surface area contributed by atoms with E-state index >= 15 is 0 Å². The van der Waals surface area contributed by atoms with E-state index in [1.54, 1.807) is 0 Å². The Balaban J connectivity index is 0. The summed E-state index contributed by atoms with van der Waals surface area (Å²) in [5, 5.41) is 0. The first-order valence-corrected chi connectivity index (χ1v) is 4.14. The van der Waals surface area contributed by atoms with Crippen molar-refractivity contribution in [3.05, 3.63) is 0 Å². The van der Waals surface area contributed by atoms with Crippen LogP contribution in [0.25, 0.3) is 0 Å². The third kappa shape index (κ3) is 4.76. The van der Waals surface area contributed by atoms with Crippen LogP contribution in [0.3, 0.4) is 0 Å². The number of alkyl halides is 9. The number of halogens is 11. The molecule has 0 aromatic carbocycles. The normalized spacial score (nSPS) is 16.0. The fraction of sp³-hybridized carbons (Fsp3) is 0.857. The zero-order valence-electron chi connectivity index (χ0n) is 9.18. The Bertz CT molecular complexity index is 320. The largest absolute Gasteiger partial charge is 0.456 e. The lowest BCUT2D eigenvalue weighted by molar-refractivity contribution is -0.352. The van der Waals surface area contributed by atoms with Crippen molar-refractivity contribution in [1.29, 1.82) is 0 Å². The Kier molecular flexibility index (Phi) is 6.92. The molecule has 0 fully saturated rings. The third-order valence-corrected chi connectivity index (χ3v) is 1.68. The van der Waals surface area contributed by atoms with Gasteiger partial charge in [-0.1, -0.05) is 0 Å². The summed E-state index contributed by atoms with van der Waals surface area (Å²) in [5.74, 6) is -13.3. The van der Waals surface area contributed by atoms with Crippen molar-refractivity contribution >= 4 is 5.78 Å². The molecule has 0 spiro atoms. The van der Waals surface area contributed by atoms with Gasteiger partial charge in [0.1, 0.15) is 6.61 Å². The zero-order chi connectivity index (χ0) is 17.0. The topological polar surface area (TPSA) is 26.3 Å². The van der Waals surface area contributed by atoms with Gasteiger partial charge in [0.2, 0.25) is 5.78 Å². The van der Waals surface area contributed by atoms with Gasteiger partial charge >= 0.3 is 24.1 Å². The summed E-state index contributed by atoms with van der Waals surface area (Å²) >= 11 is 0. The standard InChI is InChI=1S/C7H5F9O2.F2/c1-3(17)5(10,7(14,15)16)18-2-4(8,9)6(11,12)13;1-2/h2H2,1H3;. The molecule has 0 aromatic rings. The Hall–Kier alpha value is -1.14. The monoisotopic (exact) mass is 330 g/mol. The van der Waals surface area contributed by atoms with Crippen LogP contribution in [0.1, 0.15) is 6.92 Å².